The topological polar surface area (TPSA) is 95.2 Å². The molecule has 3 atom stereocenters. The summed E-state index contributed by atoms with van der Waals surface area (Å²) >= 11 is 0. The van der Waals surface area contributed by atoms with Gasteiger partial charge in [-0.2, -0.15) is 18.3 Å². The van der Waals surface area contributed by atoms with Crippen LogP contribution in [0.2, 0.25) is 0 Å². The molecule has 0 aliphatic carbocycles. The van der Waals surface area contributed by atoms with E-state index in [1.165, 1.54) is 15.6 Å². The van der Waals surface area contributed by atoms with Crippen molar-refractivity contribution >= 4 is 22.9 Å². The van der Waals surface area contributed by atoms with Crippen LogP contribution in [0.25, 0.3) is 5.65 Å². The first kappa shape index (κ1) is 22.1. The van der Waals surface area contributed by atoms with Gasteiger partial charge >= 0.3 is 6.18 Å². The van der Waals surface area contributed by atoms with E-state index < -0.39 is 24.2 Å². The highest BCUT2D eigenvalue weighted by Gasteiger charge is 2.54. The van der Waals surface area contributed by atoms with Gasteiger partial charge in [-0.15, -0.1) is 0 Å². The fraction of sp³-hybridized carbons (Fsp3) is 0.435. The Hall–Kier alpha value is -3.38. The van der Waals surface area contributed by atoms with Crippen LogP contribution in [0.5, 0.6) is 5.75 Å². The van der Waals surface area contributed by atoms with Crippen molar-refractivity contribution in [1.82, 2.24) is 19.5 Å². The number of benzene rings is 1. The summed E-state index contributed by atoms with van der Waals surface area (Å²) in [5.74, 6) is 0.204. The van der Waals surface area contributed by atoms with E-state index in [0.29, 0.717) is 47.8 Å². The SMILES string of the molecule is C[C@@]1(CO)Cc2cc(NC(=O)c3cnn4cccnc34)c(N3CC4[C@H]3CN4CC(F)(F)F)cc2O1. The number of piperazine rings is 1. The predicted octanol–water partition coefficient (Wildman–Crippen LogP) is 2.10. The molecule has 6 rings (SSSR count). The van der Waals surface area contributed by atoms with Crippen molar-refractivity contribution in [3.63, 3.8) is 0 Å². The number of hydrogen-bond acceptors (Lipinski definition) is 7. The first-order valence-corrected chi connectivity index (χ1v) is 11.3. The lowest BCUT2D eigenvalue weighted by molar-refractivity contribution is -0.170. The second kappa shape index (κ2) is 7.56. The van der Waals surface area contributed by atoms with Gasteiger partial charge in [0, 0.05) is 49.6 Å². The second-order valence-corrected chi connectivity index (χ2v) is 9.60. The van der Waals surface area contributed by atoms with Gasteiger partial charge in [0.1, 0.15) is 16.9 Å². The number of hydrogen-bond donors (Lipinski definition) is 2. The van der Waals surface area contributed by atoms with E-state index in [0.717, 1.165) is 5.56 Å². The smallest absolute Gasteiger partial charge is 0.401 e. The van der Waals surface area contributed by atoms with Gasteiger partial charge in [-0.3, -0.25) is 9.69 Å². The number of carbonyl (C=O) groups is 1. The summed E-state index contributed by atoms with van der Waals surface area (Å²) in [6.07, 6.45) is 0.938. The van der Waals surface area contributed by atoms with Crippen molar-refractivity contribution in [1.29, 1.82) is 0 Å². The molecule has 5 heterocycles. The van der Waals surface area contributed by atoms with E-state index in [1.54, 1.807) is 25.4 Å². The molecule has 2 fully saturated rings. The molecule has 35 heavy (non-hydrogen) atoms. The summed E-state index contributed by atoms with van der Waals surface area (Å²) in [6, 6.07) is 5.08. The van der Waals surface area contributed by atoms with E-state index in [9.17, 15) is 23.1 Å². The van der Waals surface area contributed by atoms with E-state index in [1.807, 2.05) is 17.0 Å². The van der Waals surface area contributed by atoms with Gasteiger partial charge < -0.3 is 20.1 Å². The van der Waals surface area contributed by atoms with Gasteiger partial charge in [0.05, 0.1) is 36.8 Å². The van der Waals surface area contributed by atoms with Gasteiger partial charge in [-0.25, -0.2) is 9.50 Å². The molecule has 0 bridgehead atoms. The minimum Gasteiger partial charge on any atom is -0.484 e. The molecular weight excluding hydrogens is 465 g/mol. The van der Waals surface area contributed by atoms with Crippen LogP contribution in [-0.4, -0.2) is 80.6 Å². The summed E-state index contributed by atoms with van der Waals surface area (Å²) in [6.45, 7) is 1.42. The van der Waals surface area contributed by atoms with Crippen LogP contribution in [0, 0.1) is 0 Å². The Kier molecular flexibility index (Phi) is 4.77. The molecule has 184 valence electrons. The van der Waals surface area contributed by atoms with Gasteiger partial charge in [0.15, 0.2) is 5.65 Å². The third kappa shape index (κ3) is 3.67. The van der Waals surface area contributed by atoms with Crippen LogP contribution in [0.4, 0.5) is 24.5 Å². The number of aromatic nitrogens is 3. The number of aliphatic hydroxyl groups excluding tert-OH is 1. The molecule has 0 radical (unpaired) electrons. The number of carbonyl (C=O) groups excluding carboxylic acids is 1. The number of halogens is 3. The average Bonchev–Trinajstić information content (AvgIpc) is 3.36. The highest BCUT2D eigenvalue weighted by molar-refractivity contribution is 6.09. The fourth-order valence-electron chi connectivity index (χ4n) is 5.19. The molecule has 3 aliphatic heterocycles. The molecule has 0 saturated carbocycles. The van der Waals surface area contributed by atoms with Crippen LogP contribution in [-0.2, 0) is 6.42 Å². The van der Waals surface area contributed by atoms with E-state index in [2.05, 4.69) is 15.4 Å². The molecule has 3 aromatic rings. The molecule has 3 aliphatic rings. The first-order chi connectivity index (χ1) is 16.6. The van der Waals surface area contributed by atoms with Crippen molar-refractivity contribution in [2.75, 3.05) is 36.5 Å². The molecule has 2 saturated heterocycles. The Balaban J connectivity index is 1.30. The maximum atomic E-state index is 13.2. The highest BCUT2D eigenvalue weighted by atomic mass is 19.4. The van der Waals surface area contributed by atoms with Crippen molar-refractivity contribution < 1.29 is 27.8 Å². The summed E-state index contributed by atoms with van der Waals surface area (Å²) in [5.41, 5.74) is 1.98. The standard InChI is InChI=1S/C23H23F3N6O3/c1-22(12-33)7-13-5-15(29-21(34)14-8-28-32-4-2-3-27-20(14)32)16(6-19(13)35-22)31-10-17-18(31)9-30(17)11-23(24,25)26/h2-6,8,17-18,33H,7,9-12H2,1H3,(H,29,34)/t17?,18-,22+/m1/s1. The Bertz CT molecular complexity index is 1330. The largest absolute Gasteiger partial charge is 0.484 e. The number of aliphatic hydroxyl groups is 1. The molecule has 9 nitrogen and oxygen atoms in total. The lowest BCUT2D eigenvalue weighted by Gasteiger charge is -2.63. The minimum absolute atomic E-state index is 0.0738. The van der Waals surface area contributed by atoms with Crippen LogP contribution in [0.15, 0.2) is 36.8 Å². The van der Waals surface area contributed by atoms with Crippen LogP contribution in [0.3, 0.4) is 0 Å². The monoisotopic (exact) mass is 488 g/mol. The second-order valence-electron chi connectivity index (χ2n) is 9.60. The van der Waals surface area contributed by atoms with Crippen LogP contribution >= 0.6 is 0 Å². The number of likely N-dealkylation sites (tertiary alicyclic amines) is 1. The van der Waals surface area contributed by atoms with Gasteiger partial charge in [0.25, 0.3) is 5.91 Å². The lowest BCUT2D eigenvalue weighted by Crippen LogP contribution is -2.79. The van der Waals surface area contributed by atoms with Crippen molar-refractivity contribution in [3.8, 4) is 5.75 Å². The maximum absolute atomic E-state index is 13.2. The lowest BCUT2D eigenvalue weighted by atomic mass is 9.84. The quantitative estimate of drug-likeness (QED) is 0.568. The van der Waals surface area contributed by atoms with Gasteiger partial charge in [-0.1, -0.05) is 0 Å². The number of fused-ring (bicyclic) bond motifs is 3. The fourth-order valence-corrected chi connectivity index (χ4v) is 5.19. The Labute approximate surface area is 198 Å². The molecule has 1 amide bonds. The number of nitrogens with zero attached hydrogens (tertiary/aromatic N) is 5. The maximum Gasteiger partial charge on any atom is 0.401 e. The summed E-state index contributed by atoms with van der Waals surface area (Å²) in [7, 11) is 0. The van der Waals surface area contributed by atoms with E-state index >= 15 is 0 Å². The zero-order valence-electron chi connectivity index (χ0n) is 18.8. The number of amides is 1. The third-order valence-electron chi connectivity index (χ3n) is 7.02. The molecule has 1 aromatic carbocycles. The first-order valence-electron chi connectivity index (χ1n) is 11.3. The van der Waals surface area contributed by atoms with Crippen LogP contribution < -0.4 is 15.0 Å². The zero-order chi connectivity index (χ0) is 24.5. The molecule has 12 heteroatoms. The third-order valence-corrected chi connectivity index (χ3v) is 7.02. The van der Waals surface area contributed by atoms with E-state index in [-0.39, 0.29) is 18.7 Å². The number of ether oxygens (including phenoxy) is 1. The highest BCUT2D eigenvalue weighted by Crippen LogP contribution is 2.46. The van der Waals surface area contributed by atoms with Crippen molar-refractivity contribution in [3.05, 3.63) is 47.9 Å². The van der Waals surface area contributed by atoms with Crippen molar-refractivity contribution in [2.45, 2.75) is 37.2 Å². The summed E-state index contributed by atoms with van der Waals surface area (Å²) in [5, 5.41) is 16.9. The Morgan fingerprint density at radius 3 is 2.86 bits per heavy atom. The Morgan fingerprint density at radius 2 is 2.14 bits per heavy atom. The molecule has 0 spiro atoms. The van der Waals surface area contributed by atoms with E-state index in [4.69, 9.17) is 4.74 Å². The van der Waals surface area contributed by atoms with Gasteiger partial charge in [-0.05, 0) is 19.1 Å². The zero-order valence-corrected chi connectivity index (χ0v) is 18.8. The molecule has 2 aromatic heterocycles. The Morgan fingerprint density at radius 1 is 1.31 bits per heavy atom. The normalized spacial score (nSPS) is 25.5. The number of anilines is 2. The summed E-state index contributed by atoms with van der Waals surface area (Å²) in [4.78, 5) is 20.9. The van der Waals surface area contributed by atoms with Gasteiger partial charge in [0.2, 0.25) is 0 Å². The number of rotatable bonds is 5. The number of alkyl halides is 3. The molecule has 2 N–H and O–H groups in total. The summed E-state index contributed by atoms with van der Waals surface area (Å²) < 4.78 is 46.0. The molecule has 1 unspecified atom stereocenters. The number of nitrogens with one attached hydrogen (secondary N) is 1. The average molecular weight is 488 g/mol. The van der Waals surface area contributed by atoms with Crippen molar-refractivity contribution in [2.24, 2.45) is 0 Å². The minimum atomic E-state index is -4.23. The predicted molar refractivity (Wildman–Crippen MR) is 120 cm³/mol. The van der Waals surface area contributed by atoms with Crippen LogP contribution in [0.1, 0.15) is 22.8 Å². The molecular formula is C23H23F3N6O3.